The van der Waals surface area contributed by atoms with Crippen molar-refractivity contribution < 1.29 is 0 Å². The van der Waals surface area contributed by atoms with Crippen LogP contribution in [0.2, 0.25) is 0 Å². The molecule has 0 saturated heterocycles. The number of para-hydroxylation sites is 4. The molecule has 0 unspecified atom stereocenters. The fraction of sp³-hybridized carbons (Fsp3) is 0. The van der Waals surface area contributed by atoms with E-state index in [2.05, 4.69) is 203 Å². The molecule has 0 N–H and O–H groups in total. The molecule has 0 aliphatic carbocycles. The van der Waals surface area contributed by atoms with Gasteiger partial charge in [0.05, 0.1) is 33.3 Å². The summed E-state index contributed by atoms with van der Waals surface area (Å²) in [4.78, 5) is 11.1. The summed E-state index contributed by atoms with van der Waals surface area (Å²) in [5.41, 5.74) is 11.1. The molecule has 0 aliphatic heterocycles. The average Bonchev–Trinajstić information content (AvgIpc) is 3.96. The molecule has 13 aromatic rings. The Kier molecular flexibility index (Phi) is 6.85. The monoisotopic (exact) mass is 768 g/mol. The topological polar surface area (TPSA) is 35.6 Å². The van der Waals surface area contributed by atoms with Gasteiger partial charge in [-0.05, 0) is 64.4 Å². The van der Waals surface area contributed by atoms with Crippen molar-refractivity contribution in [2.45, 2.75) is 0 Å². The van der Waals surface area contributed by atoms with Gasteiger partial charge in [-0.2, -0.15) is 0 Å². The minimum absolute atomic E-state index is 0.656. The van der Waals surface area contributed by atoms with Crippen LogP contribution in [0.1, 0.15) is 0 Å². The average molecular weight is 769 g/mol. The molecule has 4 nitrogen and oxygen atoms in total. The molecule has 13 rings (SSSR count). The van der Waals surface area contributed by atoms with Crippen LogP contribution < -0.4 is 0 Å². The van der Waals surface area contributed by atoms with Crippen molar-refractivity contribution in [1.82, 2.24) is 19.1 Å². The summed E-state index contributed by atoms with van der Waals surface area (Å²) in [7, 11) is 0. The summed E-state index contributed by atoms with van der Waals surface area (Å²) in [6.45, 7) is 0. The Morgan fingerprint density at radius 1 is 0.356 bits per heavy atom. The molecular formula is C54H32N4S. The summed E-state index contributed by atoms with van der Waals surface area (Å²) >= 11 is 1.85. The third-order valence-corrected chi connectivity index (χ3v) is 13.3. The molecule has 4 heterocycles. The molecule has 274 valence electrons. The molecule has 0 fully saturated rings. The van der Waals surface area contributed by atoms with E-state index >= 15 is 0 Å². The Hall–Kier alpha value is -7.60. The van der Waals surface area contributed by atoms with E-state index in [9.17, 15) is 0 Å². The van der Waals surface area contributed by atoms with Crippen LogP contribution in [-0.4, -0.2) is 19.1 Å². The Bertz CT molecular complexity index is 3840. The first-order chi connectivity index (χ1) is 29.3. The van der Waals surface area contributed by atoms with Gasteiger partial charge in [0.2, 0.25) is 5.95 Å². The molecule has 0 aliphatic rings. The lowest BCUT2D eigenvalue weighted by Gasteiger charge is -2.15. The molecule has 4 aromatic heterocycles. The number of benzene rings is 9. The molecule has 0 saturated carbocycles. The van der Waals surface area contributed by atoms with Gasteiger partial charge in [0.1, 0.15) is 0 Å². The van der Waals surface area contributed by atoms with Crippen LogP contribution in [0, 0.1) is 0 Å². The highest BCUT2D eigenvalue weighted by molar-refractivity contribution is 7.26. The SMILES string of the molecule is c1ccc(-c2ccc(-c3nc(-n4c5ccccc5c5ccc6sc7ccc8c9ccccc9n(-c9ccccc9)c8c7c6c54)nc4ccccc34)c3ccccc23)cc1. The van der Waals surface area contributed by atoms with Gasteiger partial charge in [0, 0.05) is 58.4 Å². The van der Waals surface area contributed by atoms with Crippen molar-refractivity contribution in [3.05, 3.63) is 194 Å². The Morgan fingerprint density at radius 3 is 1.54 bits per heavy atom. The number of hydrogen-bond donors (Lipinski definition) is 0. The zero-order valence-electron chi connectivity index (χ0n) is 31.7. The maximum Gasteiger partial charge on any atom is 0.235 e. The lowest BCUT2D eigenvalue weighted by molar-refractivity contribution is 1.02. The number of hydrogen-bond acceptors (Lipinski definition) is 3. The highest BCUT2D eigenvalue weighted by Crippen LogP contribution is 2.48. The van der Waals surface area contributed by atoms with Gasteiger partial charge in [0.15, 0.2) is 0 Å². The summed E-state index contributed by atoms with van der Waals surface area (Å²) in [6.07, 6.45) is 0. The van der Waals surface area contributed by atoms with Gasteiger partial charge in [-0.1, -0.05) is 152 Å². The minimum Gasteiger partial charge on any atom is -0.309 e. The van der Waals surface area contributed by atoms with Crippen molar-refractivity contribution in [1.29, 1.82) is 0 Å². The van der Waals surface area contributed by atoms with E-state index in [4.69, 9.17) is 9.97 Å². The first kappa shape index (κ1) is 32.5. The summed E-state index contributed by atoms with van der Waals surface area (Å²) in [5.74, 6) is 0.656. The van der Waals surface area contributed by atoms with Crippen LogP contribution in [0.5, 0.6) is 0 Å². The quantitative estimate of drug-likeness (QED) is 0.179. The van der Waals surface area contributed by atoms with Crippen LogP contribution in [0.4, 0.5) is 0 Å². The Balaban J connectivity index is 1.18. The maximum absolute atomic E-state index is 5.65. The second-order valence-corrected chi connectivity index (χ2v) is 16.4. The van der Waals surface area contributed by atoms with E-state index < -0.39 is 0 Å². The lowest BCUT2D eigenvalue weighted by atomic mass is 9.93. The normalized spacial score (nSPS) is 12.1. The van der Waals surface area contributed by atoms with Crippen LogP contribution in [-0.2, 0) is 0 Å². The fourth-order valence-corrected chi connectivity index (χ4v) is 10.8. The third kappa shape index (κ3) is 4.65. The Labute approximate surface area is 342 Å². The van der Waals surface area contributed by atoms with E-state index in [0.717, 1.165) is 44.3 Å². The highest BCUT2D eigenvalue weighted by Gasteiger charge is 2.24. The summed E-state index contributed by atoms with van der Waals surface area (Å²) in [5, 5.41) is 10.7. The summed E-state index contributed by atoms with van der Waals surface area (Å²) < 4.78 is 7.28. The molecule has 9 aromatic carbocycles. The fourth-order valence-electron chi connectivity index (χ4n) is 9.65. The lowest BCUT2D eigenvalue weighted by Crippen LogP contribution is -2.04. The van der Waals surface area contributed by atoms with Gasteiger partial charge >= 0.3 is 0 Å². The largest absolute Gasteiger partial charge is 0.309 e. The number of thiophene rings is 1. The smallest absolute Gasteiger partial charge is 0.235 e. The standard InChI is InChI=1S/C54H32N4S/c1-3-15-33(16-4-1)35-27-28-40(37-20-8-7-19-36(35)37)51-43-23-9-12-24-44(43)55-54(56-51)58-46-26-14-11-22-39(46)42-30-32-48-50(53(42)58)49-47(59-48)31-29-41-38-21-10-13-25-45(38)57(52(41)49)34-17-5-2-6-18-34/h1-32H. The van der Waals surface area contributed by atoms with Crippen LogP contribution in [0.25, 0.3) is 119 Å². The van der Waals surface area contributed by atoms with Crippen molar-refractivity contribution in [2.75, 3.05) is 0 Å². The number of rotatable bonds is 4. The van der Waals surface area contributed by atoms with Gasteiger partial charge in [-0.25, -0.2) is 9.97 Å². The van der Waals surface area contributed by atoms with E-state index in [1.54, 1.807) is 0 Å². The van der Waals surface area contributed by atoms with Crippen LogP contribution in [0.3, 0.4) is 0 Å². The molecule has 0 bridgehead atoms. The van der Waals surface area contributed by atoms with E-state index in [1.807, 2.05) is 11.3 Å². The minimum atomic E-state index is 0.656. The van der Waals surface area contributed by atoms with Crippen LogP contribution >= 0.6 is 11.3 Å². The molecule has 0 radical (unpaired) electrons. The van der Waals surface area contributed by atoms with Gasteiger partial charge < -0.3 is 4.57 Å². The molecule has 0 amide bonds. The van der Waals surface area contributed by atoms with Crippen molar-refractivity contribution in [3.63, 3.8) is 0 Å². The van der Waals surface area contributed by atoms with Crippen molar-refractivity contribution in [3.8, 4) is 34.0 Å². The molecule has 0 atom stereocenters. The molecule has 5 heteroatoms. The zero-order chi connectivity index (χ0) is 38.6. The second-order valence-electron chi connectivity index (χ2n) is 15.3. The van der Waals surface area contributed by atoms with Crippen molar-refractivity contribution >= 4 is 96.8 Å². The molecular weight excluding hydrogens is 737 g/mol. The predicted octanol–water partition coefficient (Wildman–Crippen LogP) is 14.7. The predicted molar refractivity (Wildman–Crippen MR) is 249 cm³/mol. The van der Waals surface area contributed by atoms with E-state index in [-0.39, 0.29) is 0 Å². The second kappa shape index (κ2) is 12.4. The van der Waals surface area contributed by atoms with Crippen molar-refractivity contribution in [2.24, 2.45) is 0 Å². The molecule has 59 heavy (non-hydrogen) atoms. The summed E-state index contributed by atoms with van der Waals surface area (Å²) in [6, 6.07) is 69.9. The van der Waals surface area contributed by atoms with Gasteiger partial charge in [0.25, 0.3) is 0 Å². The number of fused-ring (bicyclic) bond motifs is 13. The zero-order valence-corrected chi connectivity index (χ0v) is 32.5. The van der Waals surface area contributed by atoms with Crippen LogP contribution in [0.15, 0.2) is 194 Å². The first-order valence-corrected chi connectivity index (χ1v) is 20.8. The van der Waals surface area contributed by atoms with E-state index in [0.29, 0.717) is 5.95 Å². The maximum atomic E-state index is 5.65. The van der Waals surface area contributed by atoms with Gasteiger partial charge in [-0.3, -0.25) is 4.57 Å². The Morgan fingerprint density at radius 2 is 0.864 bits per heavy atom. The highest BCUT2D eigenvalue weighted by atomic mass is 32.1. The van der Waals surface area contributed by atoms with Gasteiger partial charge in [-0.15, -0.1) is 11.3 Å². The third-order valence-electron chi connectivity index (χ3n) is 12.1. The molecule has 0 spiro atoms. The van der Waals surface area contributed by atoms with E-state index in [1.165, 1.54) is 69.3 Å². The first-order valence-electron chi connectivity index (χ1n) is 20.0. The number of aromatic nitrogens is 4. The number of nitrogens with zero attached hydrogens (tertiary/aromatic N) is 4.